The van der Waals surface area contributed by atoms with E-state index in [1.807, 2.05) is 17.0 Å². The number of aromatic nitrogens is 3. The van der Waals surface area contributed by atoms with Crippen molar-refractivity contribution in [3.8, 4) is 28.4 Å². The van der Waals surface area contributed by atoms with Crippen LogP contribution in [0.1, 0.15) is 30.4 Å². The van der Waals surface area contributed by atoms with E-state index in [0.717, 1.165) is 12.0 Å². The van der Waals surface area contributed by atoms with Gasteiger partial charge in [0.1, 0.15) is 0 Å². The maximum absolute atomic E-state index is 15.5. The number of hydrogen-bond acceptors (Lipinski definition) is 9. The highest BCUT2D eigenvalue weighted by molar-refractivity contribution is 6.39. The number of nitrogens with one attached hydrogen (secondary N) is 3. The van der Waals surface area contributed by atoms with Crippen LogP contribution in [-0.2, 0) is 17.9 Å². The van der Waals surface area contributed by atoms with E-state index in [1.54, 1.807) is 49.8 Å². The molecule has 4 N–H and O–H groups in total. The fraction of sp³-hybridized carbons (Fsp3) is 0.333. The van der Waals surface area contributed by atoms with Gasteiger partial charge < -0.3 is 25.8 Å². The Balaban J connectivity index is 1.21. The van der Waals surface area contributed by atoms with Crippen molar-refractivity contribution in [2.24, 2.45) is 0 Å². The van der Waals surface area contributed by atoms with Gasteiger partial charge in [0.05, 0.1) is 40.3 Å². The van der Waals surface area contributed by atoms with Crippen molar-refractivity contribution in [2.75, 3.05) is 32.1 Å². The number of anilines is 2. The third kappa shape index (κ3) is 7.08. The summed E-state index contributed by atoms with van der Waals surface area (Å²) in [4.78, 5) is 26.9. The van der Waals surface area contributed by atoms with E-state index in [1.165, 1.54) is 0 Å². The standard InChI is InChI=1S/C33H34Cl2FN7O3/c1-46-33-19(15-37-16-21-6-8-27(45)40-21)5-7-25(42-33)23-10-13-38-31(29(23)35)24-3-2-4-26(28(24)34)41-32-30(36)20(9-12-39-32)17-43-14-11-22(44)18-43/h2-5,7,9-10,12-13,21-22,37,44H,6,8,11,14-18H2,1H3,(H,39,41)(H,40,45)/t21-,22+/m0/s1. The number of hydrogen-bond donors (Lipinski definition) is 4. The number of benzene rings is 1. The van der Waals surface area contributed by atoms with Crippen LogP contribution in [-0.4, -0.2) is 69.8 Å². The fourth-order valence-electron chi connectivity index (χ4n) is 5.80. The third-order valence-corrected chi connectivity index (χ3v) is 9.00. The molecule has 13 heteroatoms. The van der Waals surface area contributed by atoms with E-state index in [2.05, 4.69) is 25.9 Å². The first-order chi connectivity index (χ1) is 22.3. The predicted octanol–water partition coefficient (Wildman–Crippen LogP) is 5.34. The first-order valence-corrected chi connectivity index (χ1v) is 15.8. The van der Waals surface area contributed by atoms with Crippen LogP contribution in [0, 0.1) is 5.82 Å². The van der Waals surface area contributed by atoms with E-state index in [0.29, 0.717) is 95.3 Å². The van der Waals surface area contributed by atoms with Gasteiger partial charge in [0.2, 0.25) is 11.8 Å². The lowest BCUT2D eigenvalue weighted by atomic mass is 10.1. The van der Waals surface area contributed by atoms with Crippen LogP contribution >= 0.6 is 23.2 Å². The summed E-state index contributed by atoms with van der Waals surface area (Å²) in [7, 11) is 1.56. The minimum Gasteiger partial charge on any atom is -0.481 e. The monoisotopic (exact) mass is 665 g/mol. The van der Waals surface area contributed by atoms with Gasteiger partial charge in [-0.1, -0.05) is 41.4 Å². The van der Waals surface area contributed by atoms with Crippen LogP contribution in [0.2, 0.25) is 10.0 Å². The maximum atomic E-state index is 15.5. The van der Waals surface area contributed by atoms with Crippen LogP contribution in [0.15, 0.2) is 54.9 Å². The van der Waals surface area contributed by atoms with Crippen molar-refractivity contribution < 1.29 is 19.0 Å². The molecule has 2 fully saturated rings. The highest BCUT2D eigenvalue weighted by Gasteiger charge is 2.23. The van der Waals surface area contributed by atoms with Crippen LogP contribution in [0.5, 0.6) is 5.88 Å². The van der Waals surface area contributed by atoms with Gasteiger partial charge in [-0.3, -0.25) is 14.7 Å². The van der Waals surface area contributed by atoms with Crippen LogP contribution in [0.3, 0.4) is 0 Å². The Hall–Kier alpha value is -3.87. The zero-order chi connectivity index (χ0) is 32.2. The van der Waals surface area contributed by atoms with Crippen molar-refractivity contribution in [1.29, 1.82) is 0 Å². The maximum Gasteiger partial charge on any atom is 0.220 e. The highest BCUT2D eigenvalue weighted by atomic mass is 35.5. The number of likely N-dealkylation sites (tertiary alicyclic amines) is 1. The molecule has 0 spiro atoms. The van der Waals surface area contributed by atoms with Gasteiger partial charge in [0.25, 0.3) is 0 Å². The van der Waals surface area contributed by atoms with E-state index >= 15 is 4.39 Å². The van der Waals surface area contributed by atoms with Crippen molar-refractivity contribution in [1.82, 2.24) is 30.5 Å². The molecule has 2 saturated heterocycles. The Bertz CT molecular complexity index is 1740. The van der Waals surface area contributed by atoms with Gasteiger partial charge in [0.15, 0.2) is 11.6 Å². The summed E-state index contributed by atoms with van der Waals surface area (Å²) in [5, 5.41) is 19.8. The molecule has 5 heterocycles. The molecule has 2 aliphatic heterocycles. The molecule has 3 aromatic heterocycles. The lowest BCUT2D eigenvalue weighted by Gasteiger charge is -2.17. The molecule has 0 bridgehead atoms. The average Bonchev–Trinajstić information content (AvgIpc) is 3.67. The fourth-order valence-corrected chi connectivity index (χ4v) is 6.37. The molecule has 1 amide bonds. The zero-order valence-electron chi connectivity index (χ0n) is 25.2. The minimum absolute atomic E-state index is 0.0444. The molecule has 1 aromatic carbocycles. The van der Waals surface area contributed by atoms with Crippen molar-refractivity contribution in [3.63, 3.8) is 0 Å². The summed E-state index contributed by atoms with van der Waals surface area (Å²) in [6, 6.07) is 12.6. The third-order valence-electron chi connectivity index (χ3n) is 8.21. The number of ether oxygens (including phenoxy) is 1. The van der Waals surface area contributed by atoms with Gasteiger partial charge in [-0.25, -0.2) is 14.4 Å². The van der Waals surface area contributed by atoms with Crippen LogP contribution in [0.25, 0.3) is 22.5 Å². The largest absolute Gasteiger partial charge is 0.481 e. The lowest BCUT2D eigenvalue weighted by Crippen LogP contribution is -2.35. The second-order valence-corrected chi connectivity index (χ2v) is 12.2. The number of carbonyl (C=O) groups excluding carboxylic acids is 1. The SMILES string of the molecule is COc1nc(-c2ccnc(-c3cccc(Nc4nccc(CN5CC[C@@H](O)C5)c4F)c3Cl)c2Cl)ccc1CNC[C@@H]1CCC(=O)N1. The van der Waals surface area contributed by atoms with Crippen molar-refractivity contribution in [2.45, 2.75) is 44.5 Å². The molecule has 2 atom stereocenters. The second kappa shape index (κ2) is 14.3. The van der Waals surface area contributed by atoms with E-state index in [9.17, 15) is 9.90 Å². The summed E-state index contributed by atoms with van der Waals surface area (Å²) >= 11 is 13.8. The van der Waals surface area contributed by atoms with E-state index in [4.69, 9.17) is 32.9 Å². The number of carbonyl (C=O) groups is 1. The molecule has 2 aliphatic rings. The second-order valence-electron chi connectivity index (χ2n) is 11.4. The van der Waals surface area contributed by atoms with Gasteiger partial charge >= 0.3 is 0 Å². The number of methoxy groups -OCH3 is 1. The molecule has 0 unspecified atom stereocenters. The van der Waals surface area contributed by atoms with Crippen LogP contribution in [0.4, 0.5) is 15.9 Å². The number of aliphatic hydroxyl groups is 1. The Labute approximate surface area is 276 Å². The predicted molar refractivity (Wildman–Crippen MR) is 176 cm³/mol. The minimum atomic E-state index is -0.479. The molecule has 0 radical (unpaired) electrons. The Kier molecular flexibility index (Phi) is 9.95. The lowest BCUT2D eigenvalue weighted by molar-refractivity contribution is -0.119. The molecule has 0 saturated carbocycles. The summed E-state index contributed by atoms with van der Waals surface area (Å²) in [6.45, 7) is 2.77. The number of nitrogens with zero attached hydrogens (tertiary/aromatic N) is 4. The Morgan fingerprint density at radius 3 is 2.67 bits per heavy atom. The number of aliphatic hydroxyl groups excluding tert-OH is 1. The number of β-amino-alcohol motifs (C(OH)–C–C–N with tert-alkyl or cyclic N) is 1. The number of pyridine rings is 3. The van der Waals surface area contributed by atoms with Crippen molar-refractivity contribution >= 4 is 40.6 Å². The first-order valence-electron chi connectivity index (χ1n) is 15.1. The topological polar surface area (TPSA) is 125 Å². The van der Waals surface area contributed by atoms with E-state index < -0.39 is 5.82 Å². The molecule has 10 nitrogen and oxygen atoms in total. The normalized spacial score (nSPS) is 18.2. The van der Waals surface area contributed by atoms with Crippen molar-refractivity contribution in [3.05, 3.63) is 81.8 Å². The molecule has 0 aliphatic carbocycles. The summed E-state index contributed by atoms with van der Waals surface area (Å²) in [6.07, 6.45) is 4.84. The molecule has 240 valence electrons. The quantitative estimate of drug-likeness (QED) is 0.168. The van der Waals surface area contributed by atoms with Crippen LogP contribution < -0.4 is 20.7 Å². The number of rotatable bonds is 11. The molecule has 46 heavy (non-hydrogen) atoms. The molecular weight excluding hydrogens is 632 g/mol. The van der Waals surface area contributed by atoms with Gasteiger partial charge in [-0.15, -0.1) is 0 Å². The molecular formula is C33H34Cl2FN7O3. The average molecular weight is 667 g/mol. The summed E-state index contributed by atoms with van der Waals surface area (Å²) in [5.41, 5.74) is 4.00. The van der Waals surface area contributed by atoms with Gasteiger partial charge in [0, 0.05) is 79.8 Å². The number of amides is 1. The Morgan fingerprint density at radius 1 is 1.07 bits per heavy atom. The van der Waals surface area contributed by atoms with Gasteiger partial charge in [-0.05, 0) is 37.1 Å². The van der Waals surface area contributed by atoms with Gasteiger partial charge in [-0.2, -0.15) is 0 Å². The number of halogens is 3. The zero-order valence-corrected chi connectivity index (χ0v) is 26.7. The summed E-state index contributed by atoms with van der Waals surface area (Å²) in [5.74, 6) is 0.104. The highest BCUT2D eigenvalue weighted by Crippen LogP contribution is 2.41. The first kappa shape index (κ1) is 32.1. The molecule has 4 aromatic rings. The smallest absolute Gasteiger partial charge is 0.220 e. The Morgan fingerprint density at radius 2 is 1.91 bits per heavy atom. The molecule has 6 rings (SSSR count). The van der Waals surface area contributed by atoms with E-state index in [-0.39, 0.29) is 23.9 Å². The summed E-state index contributed by atoms with van der Waals surface area (Å²) < 4.78 is 21.1.